The Bertz CT molecular complexity index is 1040. The molecule has 2 rings (SSSR count). The first-order valence-electron chi connectivity index (χ1n) is 9.34. The lowest BCUT2D eigenvalue weighted by Crippen LogP contribution is -2.23. The molecule has 0 saturated carbocycles. The molecule has 162 valence electrons. The SMILES string of the molecule is CC(C)c1cccc(C(C)C)c1NC(=O)COC(=O)c1cc(S(N)(=O)=O)ccc1Br. The highest BCUT2D eigenvalue weighted by atomic mass is 79.9. The van der Waals surface area contributed by atoms with E-state index >= 15 is 0 Å². The van der Waals surface area contributed by atoms with Crippen molar-refractivity contribution in [2.45, 2.75) is 44.4 Å². The number of carbonyl (C=O) groups excluding carboxylic acids is 2. The average molecular weight is 497 g/mol. The molecule has 0 aromatic heterocycles. The number of sulfonamides is 1. The number of rotatable bonds is 7. The van der Waals surface area contributed by atoms with Crippen LogP contribution in [-0.2, 0) is 19.6 Å². The van der Waals surface area contributed by atoms with Crippen molar-refractivity contribution in [1.82, 2.24) is 0 Å². The van der Waals surface area contributed by atoms with Gasteiger partial charge >= 0.3 is 5.97 Å². The molecular formula is C21H25BrN2O5S. The summed E-state index contributed by atoms with van der Waals surface area (Å²) in [5.41, 5.74) is 2.66. The first kappa shape index (κ1) is 24.0. The molecule has 0 bridgehead atoms. The van der Waals surface area contributed by atoms with Crippen LogP contribution in [0.15, 0.2) is 45.8 Å². The Balaban J connectivity index is 2.17. The molecule has 9 heteroatoms. The summed E-state index contributed by atoms with van der Waals surface area (Å²) in [4.78, 5) is 24.6. The molecule has 0 atom stereocenters. The van der Waals surface area contributed by atoms with Crippen molar-refractivity contribution in [3.8, 4) is 0 Å². The normalized spacial score (nSPS) is 11.6. The maximum Gasteiger partial charge on any atom is 0.339 e. The third-order valence-electron chi connectivity index (χ3n) is 4.46. The summed E-state index contributed by atoms with van der Waals surface area (Å²) in [6, 6.07) is 9.60. The van der Waals surface area contributed by atoms with Crippen LogP contribution in [0.4, 0.5) is 5.69 Å². The Morgan fingerprint density at radius 3 is 2.13 bits per heavy atom. The largest absolute Gasteiger partial charge is 0.452 e. The van der Waals surface area contributed by atoms with Crippen LogP contribution in [0.25, 0.3) is 0 Å². The van der Waals surface area contributed by atoms with Crippen LogP contribution < -0.4 is 10.5 Å². The zero-order chi connectivity index (χ0) is 22.6. The molecule has 2 aromatic rings. The Labute approximate surface area is 185 Å². The maximum absolute atomic E-state index is 12.5. The monoisotopic (exact) mass is 496 g/mol. The topological polar surface area (TPSA) is 116 Å². The first-order chi connectivity index (χ1) is 13.9. The van der Waals surface area contributed by atoms with Crippen LogP contribution >= 0.6 is 15.9 Å². The fraction of sp³-hybridized carbons (Fsp3) is 0.333. The molecule has 0 spiro atoms. The van der Waals surface area contributed by atoms with Crippen molar-refractivity contribution in [2.75, 3.05) is 11.9 Å². The summed E-state index contributed by atoms with van der Waals surface area (Å²) in [5, 5.41) is 7.96. The molecule has 0 aliphatic rings. The number of carbonyl (C=O) groups is 2. The zero-order valence-electron chi connectivity index (χ0n) is 17.2. The predicted molar refractivity (Wildman–Crippen MR) is 119 cm³/mol. The van der Waals surface area contributed by atoms with Crippen LogP contribution in [0.1, 0.15) is 61.0 Å². The van der Waals surface area contributed by atoms with Gasteiger partial charge in [0.1, 0.15) is 0 Å². The maximum atomic E-state index is 12.5. The standard InChI is InChI=1S/C21H25BrN2O5S/c1-12(2)15-6-5-7-16(13(3)4)20(15)24-19(25)11-29-21(26)17-10-14(30(23,27)28)8-9-18(17)22/h5-10,12-13H,11H2,1-4H3,(H,24,25)(H2,23,27,28). The van der Waals surface area contributed by atoms with E-state index in [-0.39, 0.29) is 22.3 Å². The summed E-state index contributed by atoms with van der Waals surface area (Å²) in [5.74, 6) is -0.947. The molecule has 30 heavy (non-hydrogen) atoms. The molecule has 3 N–H and O–H groups in total. The van der Waals surface area contributed by atoms with Crippen LogP contribution in [0, 0.1) is 0 Å². The van der Waals surface area contributed by atoms with Gasteiger partial charge in [-0.25, -0.2) is 18.4 Å². The van der Waals surface area contributed by atoms with E-state index in [9.17, 15) is 18.0 Å². The lowest BCUT2D eigenvalue weighted by molar-refractivity contribution is -0.119. The van der Waals surface area contributed by atoms with Crippen molar-refractivity contribution < 1.29 is 22.7 Å². The molecule has 0 heterocycles. The lowest BCUT2D eigenvalue weighted by atomic mass is 9.92. The molecule has 7 nitrogen and oxygen atoms in total. The number of halogens is 1. The third kappa shape index (κ3) is 5.90. The molecule has 0 saturated heterocycles. The average Bonchev–Trinajstić information content (AvgIpc) is 2.65. The summed E-state index contributed by atoms with van der Waals surface area (Å²) in [6.45, 7) is 7.61. The van der Waals surface area contributed by atoms with Gasteiger partial charge in [-0.2, -0.15) is 0 Å². The van der Waals surface area contributed by atoms with Gasteiger partial charge in [-0.3, -0.25) is 4.79 Å². The van der Waals surface area contributed by atoms with Crippen LogP contribution in [-0.4, -0.2) is 26.9 Å². The molecule has 0 unspecified atom stereocenters. The number of ether oxygens (including phenoxy) is 1. The van der Waals surface area contributed by atoms with Crippen molar-refractivity contribution in [3.05, 3.63) is 57.6 Å². The Morgan fingerprint density at radius 2 is 1.63 bits per heavy atom. The molecule has 0 aliphatic carbocycles. The van der Waals surface area contributed by atoms with Gasteiger partial charge in [0.05, 0.1) is 10.5 Å². The molecule has 1 amide bonds. The Hall–Kier alpha value is -2.23. The second-order valence-electron chi connectivity index (χ2n) is 7.43. The number of esters is 1. The van der Waals surface area contributed by atoms with E-state index in [4.69, 9.17) is 9.88 Å². The van der Waals surface area contributed by atoms with E-state index in [1.807, 2.05) is 45.9 Å². The number of hydrogen-bond acceptors (Lipinski definition) is 5. The summed E-state index contributed by atoms with van der Waals surface area (Å²) >= 11 is 3.17. The van der Waals surface area contributed by atoms with Gasteiger partial charge < -0.3 is 10.1 Å². The molecule has 0 radical (unpaired) electrons. The minimum Gasteiger partial charge on any atom is -0.452 e. The Kier molecular flexibility index (Phi) is 7.79. The van der Waals surface area contributed by atoms with E-state index in [1.165, 1.54) is 12.1 Å². The first-order valence-corrected chi connectivity index (χ1v) is 11.7. The van der Waals surface area contributed by atoms with Gasteiger partial charge in [-0.15, -0.1) is 0 Å². The van der Waals surface area contributed by atoms with E-state index in [2.05, 4.69) is 21.2 Å². The van der Waals surface area contributed by atoms with Crippen molar-refractivity contribution in [2.24, 2.45) is 5.14 Å². The fourth-order valence-corrected chi connectivity index (χ4v) is 3.87. The van der Waals surface area contributed by atoms with E-state index in [0.717, 1.165) is 22.9 Å². The highest BCUT2D eigenvalue weighted by Gasteiger charge is 2.20. The number of amides is 1. The number of nitrogens with one attached hydrogen (secondary N) is 1. The van der Waals surface area contributed by atoms with Gasteiger partial charge in [-0.1, -0.05) is 45.9 Å². The number of anilines is 1. The predicted octanol–water partition coefficient (Wildman–Crippen LogP) is 4.14. The smallest absolute Gasteiger partial charge is 0.339 e. The highest BCUT2D eigenvalue weighted by molar-refractivity contribution is 9.10. The lowest BCUT2D eigenvalue weighted by Gasteiger charge is -2.20. The van der Waals surface area contributed by atoms with E-state index in [1.54, 1.807) is 0 Å². The van der Waals surface area contributed by atoms with Crippen molar-refractivity contribution in [3.63, 3.8) is 0 Å². The van der Waals surface area contributed by atoms with Gasteiger partial charge in [0, 0.05) is 10.2 Å². The quantitative estimate of drug-likeness (QED) is 0.558. The van der Waals surface area contributed by atoms with E-state index < -0.39 is 28.5 Å². The van der Waals surface area contributed by atoms with Gasteiger partial charge in [0.25, 0.3) is 5.91 Å². The molecule has 2 aromatic carbocycles. The van der Waals surface area contributed by atoms with Gasteiger partial charge in [0.15, 0.2) is 6.61 Å². The highest BCUT2D eigenvalue weighted by Crippen LogP contribution is 2.32. The second kappa shape index (κ2) is 9.72. The minimum atomic E-state index is -3.98. The summed E-state index contributed by atoms with van der Waals surface area (Å²) < 4.78 is 28.4. The zero-order valence-corrected chi connectivity index (χ0v) is 19.6. The number of benzene rings is 2. The van der Waals surface area contributed by atoms with Crippen molar-refractivity contribution in [1.29, 1.82) is 0 Å². The van der Waals surface area contributed by atoms with Crippen LogP contribution in [0.3, 0.4) is 0 Å². The second-order valence-corrected chi connectivity index (χ2v) is 9.85. The molecule has 0 fully saturated rings. The van der Waals surface area contributed by atoms with Crippen LogP contribution in [0.2, 0.25) is 0 Å². The summed E-state index contributed by atoms with van der Waals surface area (Å²) in [6.07, 6.45) is 0. The number of primary sulfonamides is 1. The number of hydrogen-bond donors (Lipinski definition) is 2. The van der Waals surface area contributed by atoms with Crippen LogP contribution in [0.5, 0.6) is 0 Å². The molecule has 0 aliphatic heterocycles. The van der Waals surface area contributed by atoms with E-state index in [0.29, 0.717) is 4.47 Å². The molecular weight excluding hydrogens is 472 g/mol. The fourth-order valence-electron chi connectivity index (χ4n) is 2.92. The van der Waals surface area contributed by atoms with Gasteiger partial charge in [-0.05, 0) is 57.1 Å². The van der Waals surface area contributed by atoms with Crippen molar-refractivity contribution >= 4 is 43.5 Å². The Morgan fingerprint density at radius 1 is 1.07 bits per heavy atom. The van der Waals surface area contributed by atoms with Gasteiger partial charge in [0.2, 0.25) is 10.0 Å². The number of para-hydroxylation sites is 1. The third-order valence-corrected chi connectivity index (χ3v) is 6.06. The minimum absolute atomic E-state index is 0.0419. The number of nitrogens with two attached hydrogens (primary N) is 1. The summed E-state index contributed by atoms with van der Waals surface area (Å²) in [7, 11) is -3.98.